The van der Waals surface area contributed by atoms with Gasteiger partial charge in [-0.25, -0.2) is 0 Å². The molecule has 2 saturated carbocycles. The highest BCUT2D eigenvalue weighted by atomic mass is 35.5. The number of alkyl halides is 1. The molecule has 0 saturated heterocycles. The monoisotopic (exact) mass is 146 g/mol. The molecule has 1 nitrogen and oxygen atoms in total. The molecule has 52 valence electrons. The molecule has 0 radical (unpaired) electrons. The van der Waals surface area contributed by atoms with Crippen LogP contribution in [0.3, 0.4) is 0 Å². The van der Waals surface area contributed by atoms with Gasteiger partial charge in [-0.15, -0.1) is 11.6 Å². The van der Waals surface area contributed by atoms with Crippen LogP contribution >= 0.6 is 11.6 Å². The average Bonchev–Trinajstić information content (AvgIpc) is 2.37. The number of aliphatic hydroxyl groups excluding tert-OH is 1. The Morgan fingerprint density at radius 3 is 2.22 bits per heavy atom. The molecular weight excluding hydrogens is 136 g/mol. The van der Waals surface area contributed by atoms with Gasteiger partial charge in [0.25, 0.3) is 0 Å². The highest BCUT2D eigenvalue weighted by molar-refractivity contribution is 6.21. The molecule has 2 aliphatic rings. The Morgan fingerprint density at radius 2 is 1.89 bits per heavy atom. The topological polar surface area (TPSA) is 20.2 Å². The van der Waals surface area contributed by atoms with E-state index in [1.54, 1.807) is 0 Å². The fourth-order valence-corrected chi connectivity index (χ4v) is 2.63. The van der Waals surface area contributed by atoms with Gasteiger partial charge < -0.3 is 5.11 Å². The summed E-state index contributed by atoms with van der Waals surface area (Å²) >= 11 is 5.91. The third kappa shape index (κ3) is 0.714. The minimum atomic E-state index is -0.189. The molecule has 0 unspecified atom stereocenters. The fourth-order valence-electron chi connectivity index (χ4n) is 2.19. The van der Waals surface area contributed by atoms with Crippen molar-refractivity contribution in [2.24, 2.45) is 11.8 Å². The molecule has 0 aromatic carbocycles. The molecule has 2 heteroatoms. The molecule has 0 aromatic heterocycles. The first-order valence-electron chi connectivity index (χ1n) is 3.61. The van der Waals surface area contributed by atoms with Gasteiger partial charge in [-0.2, -0.15) is 0 Å². The summed E-state index contributed by atoms with van der Waals surface area (Å²) in [5.74, 6) is 1.17. The number of rotatable bonds is 0. The normalized spacial score (nSPS) is 56.7. The van der Waals surface area contributed by atoms with Crippen molar-refractivity contribution in [2.45, 2.75) is 30.7 Å². The Labute approximate surface area is 60.0 Å². The summed E-state index contributed by atoms with van der Waals surface area (Å²) in [6.07, 6.45) is 3.44. The second-order valence-electron chi connectivity index (χ2n) is 3.27. The van der Waals surface area contributed by atoms with Crippen molar-refractivity contribution >= 4 is 11.6 Å². The summed E-state index contributed by atoms with van der Waals surface area (Å²) in [7, 11) is 0. The van der Waals surface area contributed by atoms with E-state index in [1.165, 1.54) is 19.3 Å². The molecule has 2 bridgehead atoms. The lowest BCUT2D eigenvalue weighted by molar-refractivity contribution is 0.117. The van der Waals surface area contributed by atoms with Gasteiger partial charge in [0.05, 0.1) is 11.5 Å². The molecule has 0 spiro atoms. The Bertz CT molecular complexity index is 108. The average molecular weight is 147 g/mol. The van der Waals surface area contributed by atoms with Crippen LogP contribution in [0, 0.1) is 11.8 Å². The lowest BCUT2D eigenvalue weighted by atomic mass is 9.97. The largest absolute Gasteiger partial charge is 0.391 e. The van der Waals surface area contributed by atoms with Crippen LogP contribution in [0.15, 0.2) is 0 Å². The minimum Gasteiger partial charge on any atom is -0.391 e. The summed E-state index contributed by atoms with van der Waals surface area (Å²) < 4.78 is 0. The summed E-state index contributed by atoms with van der Waals surface area (Å²) in [6, 6.07) is 0. The summed E-state index contributed by atoms with van der Waals surface area (Å²) in [5, 5.41) is 9.43. The van der Waals surface area contributed by atoms with E-state index in [-0.39, 0.29) is 11.5 Å². The summed E-state index contributed by atoms with van der Waals surface area (Å²) in [5.41, 5.74) is 0. The maximum atomic E-state index is 9.36. The molecule has 4 atom stereocenters. The minimum absolute atomic E-state index is 0.0729. The number of halogens is 1. The van der Waals surface area contributed by atoms with Gasteiger partial charge in [0.2, 0.25) is 0 Å². The molecule has 0 aromatic rings. The second kappa shape index (κ2) is 1.86. The second-order valence-corrected chi connectivity index (χ2v) is 3.77. The van der Waals surface area contributed by atoms with Crippen molar-refractivity contribution in [3.8, 4) is 0 Å². The number of hydrogen-bond donors (Lipinski definition) is 1. The lowest BCUT2D eigenvalue weighted by Gasteiger charge is -2.20. The van der Waals surface area contributed by atoms with Crippen molar-refractivity contribution in [1.29, 1.82) is 0 Å². The highest BCUT2D eigenvalue weighted by Crippen LogP contribution is 2.46. The van der Waals surface area contributed by atoms with Crippen LogP contribution in [-0.2, 0) is 0 Å². The maximum Gasteiger partial charge on any atom is 0.0734 e. The molecular formula is C7H11ClO. The van der Waals surface area contributed by atoms with E-state index in [0.29, 0.717) is 11.8 Å². The van der Waals surface area contributed by atoms with E-state index < -0.39 is 0 Å². The van der Waals surface area contributed by atoms with Crippen molar-refractivity contribution in [1.82, 2.24) is 0 Å². The van der Waals surface area contributed by atoms with E-state index in [2.05, 4.69) is 0 Å². The van der Waals surface area contributed by atoms with Crippen molar-refractivity contribution in [3.05, 3.63) is 0 Å². The van der Waals surface area contributed by atoms with Crippen LogP contribution in [0.5, 0.6) is 0 Å². The first kappa shape index (κ1) is 5.99. The summed E-state index contributed by atoms with van der Waals surface area (Å²) in [6.45, 7) is 0. The number of hydrogen-bond acceptors (Lipinski definition) is 1. The smallest absolute Gasteiger partial charge is 0.0734 e. The molecule has 0 aliphatic heterocycles. The van der Waals surface area contributed by atoms with Crippen LogP contribution < -0.4 is 0 Å². The van der Waals surface area contributed by atoms with Gasteiger partial charge in [-0.1, -0.05) is 0 Å². The van der Waals surface area contributed by atoms with E-state index in [4.69, 9.17) is 11.6 Å². The zero-order valence-electron chi connectivity index (χ0n) is 5.26. The van der Waals surface area contributed by atoms with Gasteiger partial charge in [0, 0.05) is 0 Å². The molecule has 0 amide bonds. The number of fused-ring (bicyclic) bond motifs is 2. The van der Waals surface area contributed by atoms with Gasteiger partial charge in [0.1, 0.15) is 0 Å². The van der Waals surface area contributed by atoms with Crippen LogP contribution in [0.2, 0.25) is 0 Å². The zero-order chi connectivity index (χ0) is 6.43. The first-order chi connectivity index (χ1) is 4.29. The molecule has 2 fully saturated rings. The first-order valence-corrected chi connectivity index (χ1v) is 4.05. The molecule has 9 heavy (non-hydrogen) atoms. The van der Waals surface area contributed by atoms with Crippen molar-refractivity contribution in [3.63, 3.8) is 0 Å². The highest BCUT2D eigenvalue weighted by Gasteiger charge is 2.45. The lowest BCUT2D eigenvalue weighted by Crippen LogP contribution is -2.27. The number of aliphatic hydroxyl groups is 1. The van der Waals surface area contributed by atoms with Crippen LogP contribution in [0.1, 0.15) is 19.3 Å². The summed E-state index contributed by atoms with van der Waals surface area (Å²) in [4.78, 5) is 0. The predicted molar refractivity (Wildman–Crippen MR) is 36.5 cm³/mol. The zero-order valence-corrected chi connectivity index (χ0v) is 6.01. The fraction of sp³-hybridized carbons (Fsp3) is 1.00. The van der Waals surface area contributed by atoms with Crippen molar-refractivity contribution in [2.75, 3.05) is 0 Å². The Kier molecular flexibility index (Phi) is 1.24. The Hall–Kier alpha value is 0.250. The Balaban J connectivity index is 2.15. The predicted octanol–water partition coefficient (Wildman–Crippen LogP) is 1.38. The standard InChI is InChI=1S/C7H11ClO/c8-6-4-1-2-5(3-4)7(6)9/h4-7,9H,1-3H2/t4-,5-,6+,7+/m1/s1. The molecule has 2 rings (SSSR count). The van der Waals surface area contributed by atoms with Gasteiger partial charge in [0.15, 0.2) is 0 Å². The SMILES string of the molecule is O[C@H]1[C@@H]2CC[C@H](C2)[C@@H]1Cl. The van der Waals surface area contributed by atoms with E-state index in [9.17, 15) is 5.11 Å². The molecule has 0 heterocycles. The molecule has 1 N–H and O–H groups in total. The van der Waals surface area contributed by atoms with Crippen LogP contribution in [-0.4, -0.2) is 16.6 Å². The van der Waals surface area contributed by atoms with Gasteiger partial charge in [-0.05, 0) is 31.1 Å². The van der Waals surface area contributed by atoms with Crippen molar-refractivity contribution < 1.29 is 5.11 Å². The van der Waals surface area contributed by atoms with Gasteiger partial charge >= 0.3 is 0 Å². The molecule has 2 aliphatic carbocycles. The maximum absolute atomic E-state index is 9.36. The van der Waals surface area contributed by atoms with E-state index in [1.807, 2.05) is 0 Å². The van der Waals surface area contributed by atoms with E-state index in [0.717, 1.165) is 0 Å². The van der Waals surface area contributed by atoms with E-state index >= 15 is 0 Å². The van der Waals surface area contributed by atoms with Crippen LogP contribution in [0.25, 0.3) is 0 Å². The third-order valence-corrected chi connectivity index (χ3v) is 3.39. The Morgan fingerprint density at radius 1 is 1.22 bits per heavy atom. The third-order valence-electron chi connectivity index (χ3n) is 2.77. The van der Waals surface area contributed by atoms with Crippen LogP contribution in [0.4, 0.5) is 0 Å². The quantitative estimate of drug-likeness (QED) is 0.512. The van der Waals surface area contributed by atoms with Gasteiger partial charge in [-0.3, -0.25) is 0 Å².